The minimum atomic E-state index is -8.15. The van der Waals surface area contributed by atoms with Crippen molar-refractivity contribution in [3.05, 3.63) is 0 Å². The molecule has 4 nitrogen and oxygen atoms in total. The van der Waals surface area contributed by atoms with E-state index in [1.807, 2.05) is 0 Å². The molecular weight excluding hydrogens is 507 g/mol. The summed E-state index contributed by atoms with van der Waals surface area (Å²) in [5.74, 6) is -32.1. The number of rotatable bonds is 10. The zero-order valence-corrected chi connectivity index (χ0v) is 16.2. The van der Waals surface area contributed by atoms with Gasteiger partial charge in [-0.15, -0.1) is 0 Å². The Hall–Kier alpha value is -0.750. The van der Waals surface area contributed by atoms with Crippen LogP contribution in [0.1, 0.15) is 6.42 Å². The van der Waals surface area contributed by atoms with Gasteiger partial charge in [-0.25, -0.2) is 13.1 Å². The van der Waals surface area contributed by atoms with Crippen molar-refractivity contribution in [2.45, 2.75) is 41.5 Å². The second-order valence-corrected chi connectivity index (χ2v) is 7.83. The van der Waals surface area contributed by atoms with Crippen LogP contribution in [0.2, 0.25) is 0 Å². The van der Waals surface area contributed by atoms with E-state index < -0.39 is 51.7 Å². The van der Waals surface area contributed by atoms with Gasteiger partial charge in [0.05, 0.1) is 20.6 Å². The summed E-state index contributed by atoms with van der Waals surface area (Å²) in [4.78, 5) is 0.585. The van der Waals surface area contributed by atoms with E-state index in [0.29, 0.717) is 9.62 Å². The molecule has 0 saturated heterocycles. The summed E-state index contributed by atoms with van der Waals surface area (Å²) in [5, 5.41) is -7.19. The molecule has 184 valence electrons. The lowest BCUT2D eigenvalue weighted by Gasteiger charge is -2.39. The van der Waals surface area contributed by atoms with Crippen molar-refractivity contribution in [3.63, 3.8) is 0 Å². The molecule has 0 fully saturated rings. The van der Waals surface area contributed by atoms with E-state index in [9.17, 15) is 65.5 Å². The average molecular weight is 521 g/mol. The Morgan fingerprint density at radius 2 is 1.07 bits per heavy atom. The number of quaternary nitrogens is 1. The summed E-state index contributed by atoms with van der Waals surface area (Å²) in [7, 11) is -3.98. The Kier molecular flexibility index (Phi) is 9.44. The molecule has 0 aromatic rings. The summed E-state index contributed by atoms with van der Waals surface area (Å²) in [6.45, 7) is -1.06. The van der Waals surface area contributed by atoms with Crippen molar-refractivity contribution >= 4 is 10.0 Å². The molecule has 0 spiro atoms. The third-order valence-electron chi connectivity index (χ3n) is 3.39. The molecule has 0 amide bonds. The lowest BCUT2D eigenvalue weighted by Crippen LogP contribution is -3.05. The van der Waals surface area contributed by atoms with E-state index in [-0.39, 0.29) is 25.4 Å². The fourth-order valence-electron chi connectivity index (χ4n) is 1.66. The molecular formula is C11H14ClF13N2O2S. The number of nitrogens with one attached hydrogen (secondary N) is 2. The Bertz CT molecular complexity index is 679. The largest absolute Gasteiger partial charge is 1.00 e. The standard InChI is InChI=1S/C11H13F13N2O2S.ClH/c1-26(2)5-3-4-25-29(27,28)11(23,24)9(18,19)7(14,15)6(12,13)8(16,17)10(20,21)22;/h25H,3-5H2,1-2H3;1H. The van der Waals surface area contributed by atoms with Crippen LogP contribution in [0.15, 0.2) is 0 Å². The smallest absolute Gasteiger partial charge is 0.460 e. The Labute approximate surface area is 167 Å². The van der Waals surface area contributed by atoms with Gasteiger partial charge in [-0.3, -0.25) is 0 Å². The quantitative estimate of drug-likeness (QED) is 0.291. The van der Waals surface area contributed by atoms with Crippen LogP contribution in [-0.4, -0.2) is 70.7 Å². The molecule has 0 bridgehead atoms. The van der Waals surface area contributed by atoms with Gasteiger partial charge in [0, 0.05) is 13.0 Å². The van der Waals surface area contributed by atoms with E-state index >= 15 is 0 Å². The first kappa shape index (κ1) is 31.4. The SMILES string of the molecule is C[NH+](C)CCCNS(=O)(=O)C(F)(F)C(F)(F)C(F)(F)C(F)(F)C(F)(F)C(F)(F)F.[Cl-]. The first-order valence-electron chi connectivity index (χ1n) is 7.16. The van der Waals surface area contributed by atoms with Gasteiger partial charge in [0.1, 0.15) is 0 Å². The van der Waals surface area contributed by atoms with Gasteiger partial charge in [0.25, 0.3) is 10.0 Å². The normalized spacial score (nSPS) is 15.3. The number of sulfonamides is 1. The van der Waals surface area contributed by atoms with Crippen LogP contribution in [0.5, 0.6) is 0 Å². The Morgan fingerprint density at radius 1 is 0.700 bits per heavy atom. The van der Waals surface area contributed by atoms with Gasteiger partial charge in [-0.1, -0.05) is 0 Å². The van der Waals surface area contributed by atoms with Crippen LogP contribution >= 0.6 is 0 Å². The summed E-state index contributed by atoms with van der Waals surface area (Å²) < 4.78 is 191. The predicted octanol–water partition coefficient (Wildman–Crippen LogP) is -0.859. The fraction of sp³-hybridized carbons (Fsp3) is 1.00. The fourth-order valence-corrected chi connectivity index (χ4v) is 2.72. The Morgan fingerprint density at radius 3 is 1.40 bits per heavy atom. The monoisotopic (exact) mass is 520 g/mol. The minimum absolute atomic E-state index is 0. The van der Waals surface area contributed by atoms with E-state index in [1.54, 1.807) is 0 Å². The zero-order chi connectivity index (χ0) is 23.9. The highest BCUT2D eigenvalue weighted by molar-refractivity contribution is 7.90. The van der Waals surface area contributed by atoms with Gasteiger partial charge >= 0.3 is 35.1 Å². The summed E-state index contributed by atoms with van der Waals surface area (Å²) in [6, 6.07) is 0. The van der Waals surface area contributed by atoms with Crippen molar-refractivity contribution in [3.8, 4) is 0 Å². The van der Waals surface area contributed by atoms with E-state index in [1.165, 1.54) is 14.1 Å². The molecule has 0 saturated carbocycles. The van der Waals surface area contributed by atoms with Crippen LogP contribution in [0, 0.1) is 0 Å². The minimum Gasteiger partial charge on any atom is -1.00 e. The highest BCUT2D eigenvalue weighted by Gasteiger charge is 2.92. The first-order chi connectivity index (χ1) is 12.4. The lowest BCUT2D eigenvalue weighted by molar-refractivity contribution is -0.858. The maximum Gasteiger partial charge on any atom is 0.460 e. The highest BCUT2D eigenvalue weighted by atomic mass is 35.5. The second-order valence-electron chi connectivity index (χ2n) is 6.02. The third-order valence-corrected chi connectivity index (χ3v) is 4.90. The molecule has 0 radical (unpaired) electrons. The molecule has 0 unspecified atom stereocenters. The topological polar surface area (TPSA) is 50.6 Å². The molecule has 0 aliphatic carbocycles. The van der Waals surface area contributed by atoms with E-state index in [2.05, 4.69) is 0 Å². The predicted molar refractivity (Wildman–Crippen MR) is 70.0 cm³/mol. The molecule has 19 heteroatoms. The van der Waals surface area contributed by atoms with E-state index in [4.69, 9.17) is 0 Å². The number of alkyl halides is 13. The van der Waals surface area contributed by atoms with Gasteiger partial charge in [-0.2, -0.15) is 57.1 Å². The van der Waals surface area contributed by atoms with Crippen molar-refractivity contribution in [2.24, 2.45) is 0 Å². The number of hydrogen-bond donors (Lipinski definition) is 2. The van der Waals surface area contributed by atoms with E-state index in [0.717, 1.165) is 0 Å². The van der Waals surface area contributed by atoms with Crippen molar-refractivity contribution in [2.75, 3.05) is 27.2 Å². The lowest BCUT2D eigenvalue weighted by atomic mass is 9.98. The summed E-state index contributed by atoms with van der Waals surface area (Å²) in [5.41, 5.74) is 0. The van der Waals surface area contributed by atoms with Crippen LogP contribution < -0.4 is 22.0 Å². The molecule has 0 aliphatic heterocycles. The van der Waals surface area contributed by atoms with Gasteiger partial charge < -0.3 is 17.3 Å². The Balaban J connectivity index is 0. The molecule has 30 heavy (non-hydrogen) atoms. The van der Waals surface area contributed by atoms with Crippen LogP contribution in [0.25, 0.3) is 0 Å². The third kappa shape index (κ3) is 5.01. The zero-order valence-electron chi connectivity index (χ0n) is 14.6. The number of halogens is 14. The molecule has 0 heterocycles. The molecule has 0 aliphatic rings. The molecule has 0 aromatic carbocycles. The van der Waals surface area contributed by atoms with Crippen LogP contribution in [-0.2, 0) is 10.0 Å². The van der Waals surface area contributed by atoms with Gasteiger partial charge in [-0.05, 0) is 0 Å². The van der Waals surface area contributed by atoms with Crippen molar-refractivity contribution in [1.82, 2.24) is 4.72 Å². The summed E-state index contributed by atoms with van der Waals surface area (Å²) >= 11 is 0. The van der Waals surface area contributed by atoms with Gasteiger partial charge in [0.15, 0.2) is 0 Å². The molecule has 2 N–H and O–H groups in total. The maximum absolute atomic E-state index is 13.5. The molecule has 0 aromatic heterocycles. The van der Waals surface area contributed by atoms with Crippen molar-refractivity contribution in [1.29, 1.82) is 0 Å². The second kappa shape index (κ2) is 9.01. The molecule has 0 atom stereocenters. The van der Waals surface area contributed by atoms with Crippen LogP contribution in [0.3, 0.4) is 0 Å². The van der Waals surface area contributed by atoms with Crippen molar-refractivity contribution < 1.29 is 82.8 Å². The van der Waals surface area contributed by atoms with Crippen LogP contribution in [0.4, 0.5) is 57.1 Å². The summed E-state index contributed by atoms with van der Waals surface area (Å²) in [6.07, 6.45) is -7.90. The highest BCUT2D eigenvalue weighted by Crippen LogP contribution is 2.60. The number of hydrogen-bond acceptors (Lipinski definition) is 2. The maximum atomic E-state index is 13.5. The van der Waals surface area contributed by atoms with Gasteiger partial charge in [0.2, 0.25) is 0 Å². The molecule has 0 rings (SSSR count). The first-order valence-corrected chi connectivity index (χ1v) is 8.64. The average Bonchev–Trinajstić information content (AvgIpc) is 2.49.